The molecule has 1 unspecified atom stereocenters. The van der Waals surface area contributed by atoms with Crippen molar-refractivity contribution in [2.24, 2.45) is 7.05 Å². The van der Waals surface area contributed by atoms with Crippen LogP contribution in [0.5, 0.6) is 0 Å². The van der Waals surface area contributed by atoms with Crippen molar-refractivity contribution >= 4 is 22.5 Å². The highest BCUT2D eigenvalue weighted by molar-refractivity contribution is 6.07. The summed E-state index contributed by atoms with van der Waals surface area (Å²) in [5, 5.41) is 15.5. The van der Waals surface area contributed by atoms with Crippen LogP contribution in [0.15, 0.2) is 66.9 Å². The molecule has 0 saturated carbocycles. The summed E-state index contributed by atoms with van der Waals surface area (Å²) in [4.78, 5) is 13.5. The summed E-state index contributed by atoms with van der Waals surface area (Å²) in [6, 6.07) is 14.9. The average Bonchev–Trinajstić information content (AvgIpc) is 3.25. The van der Waals surface area contributed by atoms with Gasteiger partial charge in [-0.3, -0.25) is 9.48 Å². The van der Waals surface area contributed by atoms with Crippen molar-refractivity contribution in [3.05, 3.63) is 83.8 Å². The Bertz CT molecular complexity index is 1410. The van der Waals surface area contributed by atoms with Gasteiger partial charge in [-0.2, -0.15) is 18.3 Å². The van der Waals surface area contributed by atoms with Crippen molar-refractivity contribution in [3.8, 4) is 11.1 Å². The minimum atomic E-state index is -5.22. The molecule has 168 valence electrons. The molecule has 1 aliphatic rings. The monoisotopic (exact) mass is 455 g/mol. The highest BCUT2D eigenvalue weighted by Gasteiger charge is 2.66. The molecule has 5 rings (SSSR count). The fourth-order valence-corrected chi connectivity index (χ4v) is 4.29. The van der Waals surface area contributed by atoms with Crippen LogP contribution in [0.1, 0.15) is 11.1 Å². The standard InChI is InChI=1S/C24H17F4N3O2/c1-30-13-17-16(5-4-7-20(17)29-30)14-9-10-15(19(25)11-14)12-31-21-8-3-2-6-18(21)23(33,22(31)32)24(26,27)28/h2-11,13,33H,12H2,1H3. The minimum Gasteiger partial charge on any atom is -0.368 e. The van der Waals surface area contributed by atoms with Gasteiger partial charge in [0, 0.05) is 29.8 Å². The zero-order valence-electron chi connectivity index (χ0n) is 17.3. The van der Waals surface area contributed by atoms with Gasteiger partial charge in [0.1, 0.15) is 5.82 Å². The van der Waals surface area contributed by atoms with Crippen LogP contribution >= 0.6 is 0 Å². The third-order valence-electron chi connectivity index (χ3n) is 5.91. The summed E-state index contributed by atoms with van der Waals surface area (Å²) in [6.45, 7) is -0.461. The molecule has 5 nitrogen and oxygen atoms in total. The Kier molecular flexibility index (Phi) is 4.58. The van der Waals surface area contributed by atoms with Gasteiger partial charge in [0.15, 0.2) is 0 Å². The number of benzene rings is 3. The summed E-state index contributed by atoms with van der Waals surface area (Å²) < 4.78 is 57.7. The first-order valence-electron chi connectivity index (χ1n) is 10.0. The van der Waals surface area contributed by atoms with Crippen molar-refractivity contribution in [1.82, 2.24) is 9.78 Å². The van der Waals surface area contributed by atoms with E-state index >= 15 is 4.39 Å². The van der Waals surface area contributed by atoms with E-state index < -0.39 is 35.6 Å². The second kappa shape index (κ2) is 7.14. The van der Waals surface area contributed by atoms with E-state index in [4.69, 9.17) is 0 Å². The van der Waals surface area contributed by atoms with E-state index in [-0.39, 0.29) is 11.3 Å². The maximum atomic E-state index is 15.1. The molecular weight excluding hydrogens is 438 g/mol. The second-order valence-corrected chi connectivity index (χ2v) is 7.96. The van der Waals surface area contributed by atoms with Gasteiger partial charge in [0.25, 0.3) is 11.5 Å². The second-order valence-electron chi connectivity index (χ2n) is 7.96. The highest BCUT2D eigenvalue weighted by Crippen LogP contribution is 2.49. The summed E-state index contributed by atoms with van der Waals surface area (Å²) in [6.07, 6.45) is -3.41. The van der Waals surface area contributed by atoms with Gasteiger partial charge in [0.2, 0.25) is 0 Å². The van der Waals surface area contributed by atoms with E-state index in [2.05, 4.69) is 5.10 Å². The lowest BCUT2D eigenvalue weighted by molar-refractivity contribution is -0.253. The van der Waals surface area contributed by atoms with Crippen molar-refractivity contribution in [2.45, 2.75) is 18.3 Å². The van der Waals surface area contributed by atoms with Crippen LogP contribution in [0.2, 0.25) is 0 Å². The number of amides is 1. The van der Waals surface area contributed by atoms with Crippen LogP contribution < -0.4 is 4.90 Å². The third kappa shape index (κ3) is 3.11. The van der Waals surface area contributed by atoms with Crippen LogP contribution in [0.3, 0.4) is 0 Å². The fourth-order valence-electron chi connectivity index (χ4n) is 4.29. The van der Waals surface area contributed by atoms with Gasteiger partial charge < -0.3 is 10.0 Å². The molecular formula is C24H17F4N3O2. The van der Waals surface area contributed by atoms with E-state index in [1.54, 1.807) is 23.9 Å². The average molecular weight is 455 g/mol. The maximum Gasteiger partial charge on any atom is 0.430 e. The predicted octanol–water partition coefficient (Wildman–Crippen LogP) is 4.68. The molecule has 1 amide bonds. The molecule has 1 N–H and O–H groups in total. The Hall–Kier alpha value is -3.72. The lowest BCUT2D eigenvalue weighted by Crippen LogP contribution is -2.50. The largest absolute Gasteiger partial charge is 0.430 e. The molecule has 0 radical (unpaired) electrons. The zero-order chi connectivity index (χ0) is 23.5. The number of aryl methyl sites for hydroxylation is 1. The zero-order valence-corrected chi connectivity index (χ0v) is 17.3. The quantitative estimate of drug-likeness (QED) is 0.457. The Morgan fingerprint density at radius 1 is 1.06 bits per heavy atom. The molecule has 9 heteroatoms. The molecule has 1 aromatic heterocycles. The molecule has 0 spiro atoms. The summed E-state index contributed by atoms with van der Waals surface area (Å²) >= 11 is 0. The highest BCUT2D eigenvalue weighted by atomic mass is 19.4. The summed E-state index contributed by atoms with van der Waals surface area (Å²) in [5.41, 5.74) is -2.27. The number of anilines is 1. The number of fused-ring (bicyclic) bond motifs is 2. The van der Waals surface area contributed by atoms with Gasteiger partial charge in [-0.1, -0.05) is 42.5 Å². The predicted molar refractivity (Wildman–Crippen MR) is 114 cm³/mol. The third-order valence-corrected chi connectivity index (χ3v) is 5.91. The van der Waals surface area contributed by atoms with E-state index in [1.807, 2.05) is 18.3 Å². The Labute approximate surface area is 185 Å². The molecule has 1 atom stereocenters. The number of hydrogen-bond acceptors (Lipinski definition) is 3. The van der Waals surface area contributed by atoms with Gasteiger partial charge in [-0.15, -0.1) is 0 Å². The molecule has 33 heavy (non-hydrogen) atoms. The minimum absolute atomic E-state index is 0.0201. The first-order chi connectivity index (χ1) is 15.6. The normalized spacial score (nSPS) is 18.2. The molecule has 0 aliphatic carbocycles. The lowest BCUT2D eigenvalue weighted by atomic mass is 9.95. The van der Waals surface area contributed by atoms with Crippen molar-refractivity contribution in [3.63, 3.8) is 0 Å². The van der Waals surface area contributed by atoms with E-state index in [0.717, 1.165) is 27.4 Å². The van der Waals surface area contributed by atoms with Gasteiger partial charge in [-0.25, -0.2) is 4.39 Å². The number of aliphatic hydroxyl groups is 1. The Balaban J connectivity index is 1.52. The Morgan fingerprint density at radius 2 is 1.82 bits per heavy atom. The fraction of sp³-hybridized carbons (Fsp3) is 0.167. The molecule has 3 aromatic carbocycles. The number of alkyl halides is 3. The van der Waals surface area contributed by atoms with Crippen molar-refractivity contribution in [2.75, 3.05) is 4.90 Å². The van der Waals surface area contributed by atoms with Crippen molar-refractivity contribution in [1.29, 1.82) is 0 Å². The number of nitrogens with zero attached hydrogens (tertiary/aromatic N) is 3. The van der Waals surface area contributed by atoms with Crippen LogP contribution in [0, 0.1) is 5.82 Å². The van der Waals surface area contributed by atoms with E-state index in [1.165, 1.54) is 30.3 Å². The Morgan fingerprint density at radius 3 is 2.55 bits per heavy atom. The van der Waals surface area contributed by atoms with Crippen LogP contribution in [-0.4, -0.2) is 27.0 Å². The van der Waals surface area contributed by atoms with Gasteiger partial charge in [0.05, 0.1) is 17.7 Å². The van der Waals surface area contributed by atoms with Crippen LogP contribution in [-0.2, 0) is 24.0 Å². The summed E-state index contributed by atoms with van der Waals surface area (Å²) in [7, 11) is 1.78. The first kappa shape index (κ1) is 21.1. The number of carbonyl (C=O) groups excluding carboxylic acids is 1. The number of rotatable bonds is 3. The van der Waals surface area contributed by atoms with E-state index in [0.29, 0.717) is 5.56 Å². The molecule has 1 aliphatic heterocycles. The molecule has 0 fully saturated rings. The topological polar surface area (TPSA) is 58.4 Å². The lowest BCUT2D eigenvalue weighted by Gasteiger charge is -2.25. The summed E-state index contributed by atoms with van der Waals surface area (Å²) in [5.74, 6) is -2.24. The van der Waals surface area contributed by atoms with Crippen LogP contribution in [0.4, 0.5) is 23.2 Å². The van der Waals surface area contributed by atoms with Gasteiger partial charge in [-0.05, 0) is 29.3 Å². The maximum absolute atomic E-state index is 15.1. The number of para-hydroxylation sites is 1. The number of hydrogen-bond donors (Lipinski definition) is 1. The smallest absolute Gasteiger partial charge is 0.368 e. The molecule has 0 saturated heterocycles. The number of carbonyl (C=O) groups is 1. The van der Waals surface area contributed by atoms with Crippen LogP contribution in [0.25, 0.3) is 22.0 Å². The number of aromatic nitrogens is 2. The van der Waals surface area contributed by atoms with E-state index in [9.17, 15) is 23.1 Å². The first-order valence-corrected chi connectivity index (χ1v) is 10.0. The van der Waals surface area contributed by atoms with Gasteiger partial charge >= 0.3 is 6.18 Å². The number of halogens is 4. The molecule has 0 bridgehead atoms. The van der Waals surface area contributed by atoms with Crippen molar-refractivity contribution < 1.29 is 27.5 Å². The molecule has 4 aromatic rings. The SMILES string of the molecule is Cn1cc2c(-c3ccc(CN4C(=O)C(O)(C(F)(F)F)c5ccccc54)c(F)c3)cccc2n1. The molecule has 2 heterocycles.